The van der Waals surface area contributed by atoms with Crippen molar-refractivity contribution in [3.05, 3.63) is 0 Å². The zero-order valence-corrected chi connectivity index (χ0v) is 13.2. The molecule has 10 nitrogen and oxygen atoms in total. The summed E-state index contributed by atoms with van der Waals surface area (Å²) in [6, 6.07) is -1.70. The Kier molecular flexibility index (Phi) is 8.30. The summed E-state index contributed by atoms with van der Waals surface area (Å²) in [5.74, 6) is -4.62. The van der Waals surface area contributed by atoms with Gasteiger partial charge in [0.05, 0.1) is 0 Å². The topological polar surface area (TPSA) is 145 Å². The zero-order chi connectivity index (χ0) is 18.2. The third-order valence-corrected chi connectivity index (χ3v) is 2.39. The second-order valence-corrected chi connectivity index (χ2v) is 4.54. The van der Waals surface area contributed by atoms with Crippen LogP contribution in [-0.2, 0) is 38.2 Å². The zero-order valence-electron chi connectivity index (χ0n) is 13.2. The van der Waals surface area contributed by atoms with Crippen molar-refractivity contribution in [1.82, 2.24) is 5.32 Å². The first-order valence-corrected chi connectivity index (χ1v) is 6.52. The van der Waals surface area contributed by atoms with E-state index in [0.29, 0.717) is 0 Å². The Labute approximate surface area is 132 Å². The fraction of sp³-hybridized carbons (Fsp3) is 0.615. The molecule has 3 atom stereocenters. The summed E-state index contributed by atoms with van der Waals surface area (Å²) in [6.45, 7) is 3.66. The maximum atomic E-state index is 11.3. The lowest BCUT2D eigenvalue weighted by Gasteiger charge is -2.30. The van der Waals surface area contributed by atoms with Gasteiger partial charge in [-0.05, 0) is 0 Å². The van der Waals surface area contributed by atoms with Crippen LogP contribution in [0.4, 0.5) is 0 Å². The van der Waals surface area contributed by atoms with Crippen molar-refractivity contribution in [2.75, 3.05) is 6.61 Å². The van der Waals surface area contributed by atoms with Crippen LogP contribution in [-0.4, -0.2) is 59.7 Å². The summed E-state index contributed by atoms with van der Waals surface area (Å²) in [7, 11) is 0. The van der Waals surface area contributed by atoms with Crippen LogP contribution in [0.2, 0.25) is 0 Å². The minimum Gasteiger partial charge on any atom is -0.480 e. The first kappa shape index (κ1) is 20.3. The van der Waals surface area contributed by atoms with Gasteiger partial charge in [0.25, 0.3) is 0 Å². The fourth-order valence-corrected chi connectivity index (χ4v) is 1.66. The quantitative estimate of drug-likeness (QED) is 0.422. The number of nitrogens with one attached hydrogen (secondary N) is 1. The number of ether oxygens (including phenoxy) is 3. The van der Waals surface area contributed by atoms with Crippen molar-refractivity contribution >= 4 is 29.8 Å². The van der Waals surface area contributed by atoms with Gasteiger partial charge in [0.2, 0.25) is 5.91 Å². The Morgan fingerprint density at radius 2 is 1.43 bits per heavy atom. The van der Waals surface area contributed by atoms with E-state index in [0.717, 1.165) is 27.7 Å². The van der Waals surface area contributed by atoms with Crippen LogP contribution in [0.25, 0.3) is 0 Å². The molecule has 0 fully saturated rings. The van der Waals surface area contributed by atoms with Crippen LogP contribution in [0, 0.1) is 0 Å². The number of esters is 3. The third kappa shape index (κ3) is 8.39. The molecule has 0 bridgehead atoms. The van der Waals surface area contributed by atoms with Gasteiger partial charge in [-0.15, -0.1) is 0 Å². The molecular weight excluding hydrogens is 314 g/mol. The number of amides is 1. The van der Waals surface area contributed by atoms with E-state index < -0.39 is 54.6 Å². The lowest BCUT2D eigenvalue weighted by molar-refractivity contribution is -0.179. The average molecular weight is 333 g/mol. The molecule has 0 rings (SSSR count). The van der Waals surface area contributed by atoms with Crippen molar-refractivity contribution < 1.29 is 43.3 Å². The molecule has 10 heteroatoms. The molecule has 0 aliphatic heterocycles. The van der Waals surface area contributed by atoms with Gasteiger partial charge in [-0.2, -0.15) is 0 Å². The van der Waals surface area contributed by atoms with Crippen molar-refractivity contribution in [2.45, 2.75) is 45.9 Å². The monoisotopic (exact) mass is 333 g/mol. The molecule has 0 aliphatic rings. The summed E-state index contributed by atoms with van der Waals surface area (Å²) < 4.78 is 14.4. The number of hydrogen-bond donors (Lipinski definition) is 2. The van der Waals surface area contributed by atoms with Crippen molar-refractivity contribution in [1.29, 1.82) is 0 Å². The van der Waals surface area contributed by atoms with Crippen molar-refractivity contribution in [3.8, 4) is 0 Å². The summed E-state index contributed by atoms with van der Waals surface area (Å²) in [6.07, 6.45) is -3.00. The molecule has 23 heavy (non-hydrogen) atoms. The van der Waals surface area contributed by atoms with Gasteiger partial charge in [-0.1, -0.05) is 0 Å². The molecule has 0 aromatic carbocycles. The first-order valence-electron chi connectivity index (χ1n) is 6.52. The first-order chi connectivity index (χ1) is 10.5. The van der Waals surface area contributed by atoms with Gasteiger partial charge in [-0.25, -0.2) is 4.79 Å². The van der Waals surface area contributed by atoms with Crippen molar-refractivity contribution in [2.24, 2.45) is 0 Å². The van der Waals surface area contributed by atoms with Crippen LogP contribution >= 0.6 is 0 Å². The van der Waals surface area contributed by atoms with Gasteiger partial charge in [0.15, 0.2) is 18.2 Å². The highest BCUT2D eigenvalue weighted by Crippen LogP contribution is 2.12. The maximum absolute atomic E-state index is 11.3. The smallest absolute Gasteiger partial charge is 0.330 e. The molecule has 0 aromatic heterocycles. The number of aliphatic carboxylic acids is 1. The lowest BCUT2D eigenvalue weighted by atomic mass is 10.1. The molecule has 0 unspecified atom stereocenters. The molecule has 0 heterocycles. The Hall–Kier alpha value is -2.65. The minimum absolute atomic E-state index is 0.545. The molecule has 0 radical (unpaired) electrons. The molecule has 0 spiro atoms. The fourth-order valence-electron chi connectivity index (χ4n) is 1.66. The predicted octanol–water partition coefficient (Wildman–Crippen LogP) is -0.998. The van der Waals surface area contributed by atoms with Crippen molar-refractivity contribution in [3.63, 3.8) is 0 Å². The number of carboxylic acid groups (broad SMARTS) is 1. The van der Waals surface area contributed by atoms with Crippen LogP contribution in [0.5, 0.6) is 0 Å². The van der Waals surface area contributed by atoms with Gasteiger partial charge in [-0.3, -0.25) is 19.2 Å². The number of carbonyl (C=O) groups excluding carboxylic acids is 4. The number of rotatable bonds is 8. The van der Waals surface area contributed by atoms with Crippen LogP contribution < -0.4 is 5.32 Å². The molecule has 0 saturated carbocycles. The Bertz CT molecular complexity index is 488. The van der Waals surface area contributed by atoms with E-state index >= 15 is 0 Å². The van der Waals surface area contributed by atoms with Crippen LogP contribution in [0.15, 0.2) is 0 Å². The average Bonchev–Trinajstić information content (AvgIpc) is 2.37. The number of carbonyl (C=O) groups is 5. The molecule has 1 amide bonds. The molecule has 0 aliphatic carbocycles. The van der Waals surface area contributed by atoms with Crippen LogP contribution in [0.1, 0.15) is 27.7 Å². The normalized spacial score (nSPS) is 13.9. The van der Waals surface area contributed by atoms with E-state index in [1.165, 1.54) is 0 Å². The van der Waals surface area contributed by atoms with E-state index in [4.69, 9.17) is 9.47 Å². The highest BCUT2D eigenvalue weighted by molar-refractivity contribution is 5.83. The molecule has 0 aromatic rings. The molecule has 0 saturated heterocycles. The highest BCUT2D eigenvalue weighted by atomic mass is 16.6. The maximum Gasteiger partial charge on any atom is 0.330 e. The van der Waals surface area contributed by atoms with E-state index in [1.807, 2.05) is 0 Å². The second-order valence-electron chi connectivity index (χ2n) is 4.54. The Morgan fingerprint density at radius 1 is 0.913 bits per heavy atom. The van der Waals surface area contributed by atoms with Gasteiger partial charge in [0, 0.05) is 27.7 Å². The summed E-state index contributed by atoms with van der Waals surface area (Å²) in [5, 5.41) is 11.3. The van der Waals surface area contributed by atoms with E-state index in [2.05, 4.69) is 10.1 Å². The van der Waals surface area contributed by atoms with E-state index in [9.17, 15) is 29.1 Å². The molecule has 130 valence electrons. The minimum atomic E-state index is -1.70. The molecule has 2 N–H and O–H groups in total. The van der Waals surface area contributed by atoms with Crippen LogP contribution in [0.3, 0.4) is 0 Å². The standard InChI is InChI=1S/C13H19NO9/c1-6(15)14-11(13(19)20)12(23-9(4)18)10(22-8(3)17)5-21-7(2)16/h10-12H,5H2,1-4H3,(H,14,15)(H,19,20)/t10-,11-,12-/m1/s1. The SMILES string of the molecule is CC(=O)N[C@@H](C(=O)O)[C@H](OC(C)=O)[C@@H](COC(C)=O)OC(C)=O. The summed E-state index contributed by atoms with van der Waals surface area (Å²) >= 11 is 0. The molecular formula is C13H19NO9. The third-order valence-electron chi connectivity index (χ3n) is 2.39. The largest absolute Gasteiger partial charge is 0.480 e. The second kappa shape index (κ2) is 9.38. The van der Waals surface area contributed by atoms with E-state index in [1.54, 1.807) is 0 Å². The highest BCUT2D eigenvalue weighted by Gasteiger charge is 2.40. The Morgan fingerprint density at radius 3 is 1.78 bits per heavy atom. The number of hydrogen-bond acceptors (Lipinski definition) is 8. The lowest BCUT2D eigenvalue weighted by Crippen LogP contribution is -2.56. The van der Waals surface area contributed by atoms with Gasteiger partial charge >= 0.3 is 23.9 Å². The summed E-state index contributed by atoms with van der Waals surface area (Å²) in [5.41, 5.74) is 0. The van der Waals surface area contributed by atoms with Gasteiger partial charge in [0.1, 0.15) is 6.61 Å². The predicted molar refractivity (Wildman–Crippen MR) is 73.0 cm³/mol. The summed E-state index contributed by atoms with van der Waals surface area (Å²) in [4.78, 5) is 55.8. The van der Waals surface area contributed by atoms with E-state index in [-0.39, 0.29) is 0 Å². The van der Waals surface area contributed by atoms with Gasteiger partial charge < -0.3 is 24.6 Å². The number of carboxylic acids is 1. The Balaban J connectivity index is 5.55.